The Morgan fingerprint density at radius 1 is 1.37 bits per heavy atom. The smallest absolute Gasteiger partial charge is 0.0611 e. The molecule has 5 heteroatoms. The summed E-state index contributed by atoms with van der Waals surface area (Å²) in [6, 6.07) is 6.44. The Bertz CT molecular complexity index is 385. The van der Waals surface area contributed by atoms with Gasteiger partial charge < -0.3 is 10.3 Å². The standard InChI is InChI=1S/C11H14BrNO.C3H8O.Y/c1-8-4-5-10(12)9(7-8)11-3-2-6-13(11)14;1-3(2)4;/h4-5,7,11,14H,2-3,6H2,1H3;3-4H,1-2H3;. The third kappa shape index (κ3) is 6.79. The topological polar surface area (TPSA) is 43.7 Å². The Kier molecular flexibility index (Phi) is 9.93. The average Bonchev–Trinajstić information content (AvgIpc) is 2.67. The van der Waals surface area contributed by atoms with Crippen LogP contribution < -0.4 is 0 Å². The van der Waals surface area contributed by atoms with Crippen molar-refractivity contribution >= 4 is 15.9 Å². The maximum absolute atomic E-state index is 9.67. The van der Waals surface area contributed by atoms with Crippen molar-refractivity contribution in [3.63, 3.8) is 0 Å². The zero-order chi connectivity index (χ0) is 13.7. The maximum Gasteiger partial charge on any atom is 0.0611 e. The van der Waals surface area contributed by atoms with Crippen molar-refractivity contribution in [1.82, 2.24) is 5.06 Å². The molecule has 1 saturated heterocycles. The van der Waals surface area contributed by atoms with Gasteiger partial charge in [0.25, 0.3) is 0 Å². The van der Waals surface area contributed by atoms with Crippen molar-refractivity contribution in [3.05, 3.63) is 33.8 Å². The fourth-order valence-corrected chi connectivity index (χ4v) is 2.50. The van der Waals surface area contributed by atoms with E-state index >= 15 is 0 Å². The van der Waals surface area contributed by atoms with Gasteiger partial charge in [0.15, 0.2) is 0 Å². The molecule has 1 heterocycles. The molecular weight excluding hydrogens is 383 g/mol. The molecule has 1 atom stereocenters. The zero-order valence-corrected chi connectivity index (χ0v) is 16.2. The number of rotatable bonds is 1. The van der Waals surface area contributed by atoms with Gasteiger partial charge in [0.05, 0.1) is 6.04 Å². The number of aliphatic hydroxyl groups excluding tert-OH is 1. The molecule has 1 unspecified atom stereocenters. The van der Waals surface area contributed by atoms with E-state index in [1.807, 2.05) is 0 Å². The van der Waals surface area contributed by atoms with Gasteiger partial charge in [-0.05, 0) is 45.2 Å². The molecular formula is C14H22BrNO2Y. The molecule has 19 heavy (non-hydrogen) atoms. The van der Waals surface area contributed by atoms with Crippen molar-refractivity contribution < 1.29 is 43.0 Å². The Balaban J connectivity index is 0.000000576. The number of hydrogen-bond donors (Lipinski definition) is 2. The van der Waals surface area contributed by atoms with Crippen LogP contribution in [-0.2, 0) is 32.7 Å². The molecule has 0 aromatic heterocycles. The molecule has 0 amide bonds. The van der Waals surface area contributed by atoms with Crippen LogP contribution in [0.15, 0.2) is 22.7 Å². The Morgan fingerprint density at radius 2 is 1.95 bits per heavy atom. The van der Waals surface area contributed by atoms with E-state index in [0.717, 1.165) is 23.9 Å². The van der Waals surface area contributed by atoms with Crippen LogP contribution in [0.5, 0.6) is 0 Å². The molecule has 3 nitrogen and oxygen atoms in total. The number of aryl methyl sites for hydroxylation is 1. The van der Waals surface area contributed by atoms with E-state index in [1.165, 1.54) is 16.2 Å². The largest absolute Gasteiger partial charge is 0.394 e. The summed E-state index contributed by atoms with van der Waals surface area (Å²) in [5.74, 6) is 0. The van der Waals surface area contributed by atoms with E-state index in [0.29, 0.717) is 0 Å². The van der Waals surface area contributed by atoms with Crippen LogP contribution in [0.2, 0.25) is 0 Å². The average molecular weight is 405 g/mol. The summed E-state index contributed by atoms with van der Waals surface area (Å²) in [6.45, 7) is 6.30. The monoisotopic (exact) mass is 404 g/mol. The number of benzene rings is 1. The number of nitrogens with zero attached hydrogens (tertiary/aromatic N) is 1. The molecule has 105 valence electrons. The molecule has 0 spiro atoms. The first-order valence-electron chi connectivity index (χ1n) is 6.31. The summed E-state index contributed by atoms with van der Waals surface area (Å²) >= 11 is 3.53. The quantitative estimate of drug-likeness (QED) is 0.750. The first-order chi connectivity index (χ1) is 8.41. The predicted molar refractivity (Wildman–Crippen MR) is 76.7 cm³/mol. The van der Waals surface area contributed by atoms with E-state index in [2.05, 4.69) is 41.1 Å². The van der Waals surface area contributed by atoms with Gasteiger partial charge in [0.2, 0.25) is 0 Å². The van der Waals surface area contributed by atoms with Crippen LogP contribution in [0.25, 0.3) is 0 Å². The van der Waals surface area contributed by atoms with Gasteiger partial charge in [-0.15, -0.1) is 0 Å². The van der Waals surface area contributed by atoms with E-state index < -0.39 is 0 Å². The van der Waals surface area contributed by atoms with Gasteiger partial charge >= 0.3 is 0 Å². The van der Waals surface area contributed by atoms with Crippen molar-refractivity contribution in [1.29, 1.82) is 0 Å². The van der Waals surface area contributed by atoms with Gasteiger partial charge in [-0.1, -0.05) is 33.6 Å². The zero-order valence-electron chi connectivity index (χ0n) is 11.8. The van der Waals surface area contributed by atoms with Crippen molar-refractivity contribution in [2.75, 3.05) is 6.54 Å². The third-order valence-electron chi connectivity index (χ3n) is 2.74. The number of aliphatic hydroxyl groups is 1. The fraction of sp³-hybridized carbons (Fsp3) is 0.571. The van der Waals surface area contributed by atoms with Crippen LogP contribution in [0.4, 0.5) is 0 Å². The summed E-state index contributed by atoms with van der Waals surface area (Å²) < 4.78 is 1.09. The minimum Gasteiger partial charge on any atom is -0.394 e. The maximum atomic E-state index is 9.67. The summed E-state index contributed by atoms with van der Waals surface area (Å²) in [5, 5.41) is 19.2. The van der Waals surface area contributed by atoms with Crippen LogP contribution in [-0.4, -0.2) is 28.0 Å². The van der Waals surface area contributed by atoms with E-state index in [9.17, 15) is 5.21 Å². The predicted octanol–water partition coefficient (Wildman–Crippen LogP) is 3.67. The minimum absolute atomic E-state index is 0. The van der Waals surface area contributed by atoms with Crippen molar-refractivity contribution in [2.24, 2.45) is 0 Å². The van der Waals surface area contributed by atoms with Crippen molar-refractivity contribution in [2.45, 2.75) is 45.8 Å². The second kappa shape index (κ2) is 9.59. The molecule has 0 aliphatic carbocycles. The third-order valence-corrected chi connectivity index (χ3v) is 3.46. The molecule has 1 aliphatic rings. The van der Waals surface area contributed by atoms with Gasteiger partial charge in [0, 0.05) is 49.8 Å². The molecule has 1 fully saturated rings. The molecule has 1 aromatic rings. The van der Waals surface area contributed by atoms with E-state index in [-0.39, 0.29) is 44.9 Å². The molecule has 1 aromatic carbocycles. The second-order valence-corrected chi connectivity index (χ2v) is 5.79. The Morgan fingerprint density at radius 3 is 2.42 bits per heavy atom. The van der Waals surface area contributed by atoms with E-state index in [4.69, 9.17) is 5.11 Å². The molecule has 0 saturated carbocycles. The van der Waals surface area contributed by atoms with Gasteiger partial charge in [-0.25, -0.2) is 0 Å². The molecule has 2 rings (SSSR count). The number of hydroxylamine groups is 2. The van der Waals surface area contributed by atoms with Crippen LogP contribution in [0, 0.1) is 6.92 Å². The SMILES string of the molecule is CC(C)O.Cc1ccc(Br)c(C2CCCN2O)c1.[Y]. The second-order valence-electron chi connectivity index (χ2n) is 4.94. The molecule has 1 aliphatic heterocycles. The first-order valence-corrected chi connectivity index (χ1v) is 7.10. The summed E-state index contributed by atoms with van der Waals surface area (Å²) in [5.41, 5.74) is 2.44. The first kappa shape index (κ1) is 19.7. The van der Waals surface area contributed by atoms with Gasteiger partial charge in [0.1, 0.15) is 0 Å². The minimum atomic E-state index is -0.167. The normalized spacial score (nSPS) is 18.8. The van der Waals surface area contributed by atoms with Crippen molar-refractivity contribution in [3.8, 4) is 0 Å². The summed E-state index contributed by atoms with van der Waals surface area (Å²) in [4.78, 5) is 0. The summed E-state index contributed by atoms with van der Waals surface area (Å²) in [6.07, 6.45) is 1.94. The molecule has 1 radical (unpaired) electrons. The van der Waals surface area contributed by atoms with Gasteiger partial charge in [-0.3, -0.25) is 0 Å². The Hall–Kier alpha value is 0.684. The van der Waals surface area contributed by atoms with E-state index in [1.54, 1.807) is 13.8 Å². The van der Waals surface area contributed by atoms with Gasteiger partial charge in [-0.2, -0.15) is 5.06 Å². The fourth-order valence-electron chi connectivity index (χ4n) is 1.99. The van der Waals surface area contributed by atoms with Crippen LogP contribution >= 0.6 is 15.9 Å². The van der Waals surface area contributed by atoms with Crippen LogP contribution in [0.3, 0.4) is 0 Å². The molecule has 2 N–H and O–H groups in total. The Labute approximate surface area is 149 Å². The van der Waals surface area contributed by atoms with Crippen LogP contribution in [0.1, 0.15) is 43.9 Å². The number of halogens is 1. The number of hydrogen-bond acceptors (Lipinski definition) is 3. The summed E-state index contributed by atoms with van der Waals surface area (Å²) in [7, 11) is 0. The molecule has 0 bridgehead atoms.